The van der Waals surface area contributed by atoms with Gasteiger partial charge in [-0.25, -0.2) is 15.2 Å². The van der Waals surface area contributed by atoms with Gasteiger partial charge in [0, 0.05) is 24.7 Å². The Morgan fingerprint density at radius 1 is 1.11 bits per heavy atom. The predicted octanol–water partition coefficient (Wildman–Crippen LogP) is 4.17. The molecule has 0 amide bonds. The van der Waals surface area contributed by atoms with Crippen molar-refractivity contribution in [1.82, 2.24) is 29.9 Å². The third-order valence-electron chi connectivity index (χ3n) is 5.10. The molecule has 1 saturated heterocycles. The predicted molar refractivity (Wildman–Crippen MR) is 109 cm³/mol. The van der Waals surface area contributed by atoms with Gasteiger partial charge in [0.25, 0.3) is 0 Å². The molecule has 3 aromatic heterocycles. The number of H-pyrrole nitrogens is 1. The molecule has 4 aromatic rings. The van der Waals surface area contributed by atoms with E-state index >= 15 is 0 Å². The number of benzene rings is 1. The summed E-state index contributed by atoms with van der Waals surface area (Å²) in [4.78, 5) is 11.2. The number of rotatable bonds is 3. The van der Waals surface area contributed by atoms with Gasteiger partial charge in [-0.05, 0) is 31.0 Å². The third kappa shape index (κ3) is 3.45. The smallest absolute Gasteiger partial charge is 0.161 e. The summed E-state index contributed by atoms with van der Waals surface area (Å²) >= 11 is 0. The van der Waals surface area contributed by atoms with Gasteiger partial charge in [0.05, 0.1) is 17.8 Å². The van der Waals surface area contributed by atoms with Crippen molar-refractivity contribution in [2.24, 2.45) is 0 Å². The summed E-state index contributed by atoms with van der Waals surface area (Å²) in [5, 5.41) is 8.76. The fourth-order valence-corrected chi connectivity index (χ4v) is 3.92. The SMILES string of the molecule is CC.c1ccc(CN2CCC[C@@H](n3[nH]nc4cnc5nccc5c43)C2)cc1. The van der Waals surface area contributed by atoms with E-state index in [9.17, 15) is 0 Å². The maximum atomic E-state index is 4.46. The molecule has 27 heavy (non-hydrogen) atoms. The van der Waals surface area contributed by atoms with Crippen molar-refractivity contribution in [2.45, 2.75) is 39.3 Å². The second-order valence-corrected chi connectivity index (χ2v) is 6.77. The van der Waals surface area contributed by atoms with Gasteiger partial charge in [-0.2, -0.15) is 5.10 Å². The van der Waals surface area contributed by atoms with E-state index in [0.717, 1.165) is 48.1 Å². The fraction of sp³-hybridized carbons (Fsp3) is 0.381. The highest BCUT2D eigenvalue weighted by molar-refractivity contribution is 6.00. The molecule has 0 radical (unpaired) electrons. The van der Waals surface area contributed by atoms with Crippen LogP contribution in [0.25, 0.3) is 22.1 Å². The summed E-state index contributed by atoms with van der Waals surface area (Å²) in [7, 11) is 0. The van der Waals surface area contributed by atoms with Crippen molar-refractivity contribution >= 4 is 22.1 Å². The fourth-order valence-electron chi connectivity index (χ4n) is 3.92. The standard InChI is InChI=1S/C19H20N6.C2H6/c1-2-5-14(6-3-1)12-24-10-4-7-15(13-24)25-18-16-8-9-20-19(16)21-11-17(18)22-23-25;1-2/h1-3,5-6,8-9,11,15,23H,4,7,10,12-13H2;1-2H3/t15-;/m1./s1. The average Bonchev–Trinajstić information content (AvgIpc) is 3.37. The van der Waals surface area contributed by atoms with Gasteiger partial charge < -0.3 is 0 Å². The summed E-state index contributed by atoms with van der Waals surface area (Å²) in [6.07, 6.45) is 5.98. The van der Waals surface area contributed by atoms with E-state index in [1.807, 2.05) is 32.3 Å². The zero-order chi connectivity index (χ0) is 18.6. The van der Waals surface area contributed by atoms with Crippen molar-refractivity contribution in [3.8, 4) is 0 Å². The van der Waals surface area contributed by atoms with Crippen molar-refractivity contribution in [1.29, 1.82) is 0 Å². The molecule has 0 unspecified atom stereocenters. The normalized spacial score (nSPS) is 17.8. The molecule has 5 rings (SSSR count). The number of likely N-dealkylation sites (tertiary alicyclic amines) is 1. The molecule has 1 aliphatic rings. The number of aromatic nitrogens is 5. The molecule has 1 aromatic carbocycles. The number of nitrogens with zero attached hydrogens (tertiary/aromatic N) is 5. The van der Waals surface area contributed by atoms with Crippen LogP contribution in [-0.2, 0) is 6.54 Å². The Kier molecular flexibility index (Phi) is 5.16. The van der Waals surface area contributed by atoms with Crippen molar-refractivity contribution in [3.05, 3.63) is 54.4 Å². The zero-order valence-electron chi connectivity index (χ0n) is 16.0. The molecule has 1 aliphatic heterocycles. The second-order valence-electron chi connectivity index (χ2n) is 6.77. The number of hydrogen-bond donors (Lipinski definition) is 1. The van der Waals surface area contributed by atoms with Crippen molar-refractivity contribution in [2.75, 3.05) is 13.1 Å². The molecule has 0 spiro atoms. The van der Waals surface area contributed by atoms with Crippen LogP contribution < -0.4 is 0 Å². The lowest BCUT2D eigenvalue weighted by atomic mass is 10.0. The molecule has 6 nitrogen and oxygen atoms in total. The summed E-state index contributed by atoms with van der Waals surface area (Å²) in [5.41, 5.74) is 4.18. The summed E-state index contributed by atoms with van der Waals surface area (Å²) in [6.45, 7) is 7.17. The van der Waals surface area contributed by atoms with Crippen LogP contribution in [0.1, 0.15) is 38.3 Å². The number of fused-ring (bicyclic) bond motifs is 3. The molecule has 1 fully saturated rings. The van der Waals surface area contributed by atoms with Crippen LogP contribution in [-0.4, -0.2) is 43.0 Å². The van der Waals surface area contributed by atoms with Gasteiger partial charge in [-0.15, -0.1) is 0 Å². The Morgan fingerprint density at radius 2 is 1.96 bits per heavy atom. The van der Waals surface area contributed by atoms with E-state index in [1.165, 1.54) is 12.0 Å². The van der Waals surface area contributed by atoms with Gasteiger partial charge in [-0.3, -0.25) is 9.58 Å². The first-order chi connectivity index (χ1) is 13.4. The maximum absolute atomic E-state index is 4.46. The topological polar surface area (TPSA) is 62.6 Å². The van der Waals surface area contributed by atoms with E-state index in [0.29, 0.717) is 6.04 Å². The van der Waals surface area contributed by atoms with Crippen LogP contribution in [0, 0.1) is 0 Å². The molecule has 140 valence electrons. The Hall–Kier alpha value is -2.73. The Labute approximate surface area is 159 Å². The first kappa shape index (κ1) is 17.7. The van der Waals surface area contributed by atoms with E-state index < -0.39 is 0 Å². The molecule has 0 bridgehead atoms. The minimum Gasteiger partial charge on any atom is -0.297 e. The minimum atomic E-state index is 0.392. The monoisotopic (exact) mass is 362 g/mol. The van der Waals surface area contributed by atoms with E-state index in [4.69, 9.17) is 0 Å². The van der Waals surface area contributed by atoms with Crippen LogP contribution in [0.3, 0.4) is 0 Å². The average molecular weight is 362 g/mol. The number of pyridine rings is 1. The van der Waals surface area contributed by atoms with Crippen LogP contribution in [0.15, 0.2) is 48.8 Å². The number of hydrogen-bond acceptors (Lipinski definition) is 4. The molecule has 1 atom stereocenters. The molecule has 4 heterocycles. The molecule has 6 heteroatoms. The van der Waals surface area contributed by atoms with Gasteiger partial charge >= 0.3 is 0 Å². The number of piperidine rings is 1. The Morgan fingerprint density at radius 3 is 2.81 bits per heavy atom. The Balaban J connectivity index is 0.000000872. The molecule has 0 saturated carbocycles. The number of aromatic amines is 1. The Bertz CT molecular complexity index is 1000. The van der Waals surface area contributed by atoms with Crippen LogP contribution in [0.5, 0.6) is 0 Å². The van der Waals surface area contributed by atoms with Crippen LogP contribution in [0.2, 0.25) is 0 Å². The largest absolute Gasteiger partial charge is 0.297 e. The van der Waals surface area contributed by atoms with Crippen LogP contribution >= 0.6 is 0 Å². The molecular weight excluding hydrogens is 336 g/mol. The first-order valence-corrected chi connectivity index (χ1v) is 9.81. The quantitative estimate of drug-likeness (QED) is 0.594. The highest BCUT2D eigenvalue weighted by atomic mass is 15.4. The van der Waals surface area contributed by atoms with E-state index in [-0.39, 0.29) is 0 Å². The van der Waals surface area contributed by atoms with Gasteiger partial charge in [-0.1, -0.05) is 44.2 Å². The molecular formula is C21H26N6. The van der Waals surface area contributed by atoms with Gasteiger partial charge in [0.15, 0.2) is 5.65 Å². The lowest BCUT2D eigenvalue weighted by molar-refractivity contribution is 0.164. The van der Waals surface area contributed by atoms with Crippen LogP contribution in [0.4, 0.5) is 0 Å². The van der Waals surface area contributed by atoms with Crippen molar-refractivity contribution < 1.29 is 0 Å². The zero-order valence-corrected chi connectivity index (χ0v) is 16.0. The summed E-state index contributed by atoms with van der Waals surface area (Å²) in [6, 6.07) is 13.1. The highest BCUT2D eigenvalue weighted by Crippen LogP contribution is 2.28. The number of nitrogens with one attached hydrogen (secondary N) is 1. The van der Waals surface area contributed by atoms with E-state index in [2.05, 4.69) is 60.2 Å². The third-order valence-corrected chi connectivity index (χ3v) is 5.10. The lowest BCUT2D eigenvalue weighted by Gasteiger charge is -2.33. The maximum Gasteiger partial charge on any atom is 0.161 e. The summed E-state index contributed by atoms with van der Waals surface area (Å²) in [5.74, 6) is 0. The lowest BCUT2D eigenvalue weighted by Crippen LogP contribution is -2.36. The first-order valence-electron chi connectivity index (χ1n) is 9.81. The van der Waals surface area contributed by atoms with Gasteiger partial charge in [0.1, 0.15) is 5.52 Å². The van der Waals surface area contributed by atoms with Crippen molar-refractivity contribution in [3.63, 3.8) is 0 Å². The second kappa shape index (κ2) is 7.88. The minimum absolute atomic E-state index is 0.392. The molecule has 1 N–H and O–H groups in total. The highest BCUT2D eigenvalue weighted by Gasteiger charge is 2.24. The van der Waals surface area contributed by atoms with E-state index in [1.54, 1.807) is 0 Å². The molecule has 0 aliphatic carbocycles. The van der Waals surface area contributed by atoms with Gasteiger partial charge in [0.2, 0.25) is 0 Å². The summed E-state index contributed by atoms with van der Waals surface area (Å²) < 4.78 is 2.22.